The monoisotopic (exact) mass is 379 g/mol. The fourth-order valence-corrected chi connectivity index (χ4v) is 3.55. The van der Waals surface area contributed by atoms with Gasteiger partial charge in [0, 0.05) is 17.8 Å². The van der Waals surface area contributed by atoms with Gasteiger partial charge in [0.2, 0.25) is 5.91 Å². The number of carbonyl (C=O) groups is 4. The zero-order valence-electron chi connectivity index (χ0n) is 14.7. The second kappa shape index (κ2) is 7.42. The fourth-order valence-electron chi connectivity index (χ4n) is 3.55. The van der Waals surface area contributed by atoms with E-state index < -0.39 is 41.9 Å². The van der Waals surface area contributed by atoms with Gasteiger partial charge in [-0.2, -0.15) is 0 Å². The second-order valence-corrected chi connectivity index (χ2v) is 6.86. The van der Waals surface area contributed by atoms with E-state index in [2.05, 4.69) is 5.32 Å². The van der Waals surface area contributed by atoms with Crippen LogP contribution in [-0.4, -0.2) is 46.1 Å². The molecule has 2 aliphatic rings. The van der Waals surface area contributed by atoms with Gasteiger partial charge in [0.05, 0.1) is 0 Å². The van der Waals surface area contributed by atoms with Crippen molar-refractivity contribution in [2.24, 2.45) is 5.92 Å². The minimum atomic E-state index is -1.14. The third-order valence-corrected chi connectivity index (χ3v) is 4.99. The van der Waals surface area contributed by atoms with Crippen molar-refractivity contribution in [3.63, 3.8) is 0 Å². The number of hydrogen-bond acceptors (Lipinski definition) is 4. The predicted octanol–water partition coefficient (Wildman–Crippen LogP) is 2.27. The Balaban J connectivity index is 1.70. The normalized spacial score (nSPS) is 23.1. The Labute approximate surface area is 154 Å². The maximum Gasteiger partial charge on any atom is 0.334 e. The Hall–Kier alpha value is -2.84. The number of imide groups is 2. The third kappa shape index (κ3) is 3.67. The number of anilines is 1. The van der Waals surface area contributed by atoms with E-state index in [9.17, 15) is 28.0 Å². The highest BCUT2D eigenvalue weighted by Crippen LogP contribution is 2.31. The highest BCUT2D eigenvalue weighted by Gasteiger charge is 2.49. The van der Waals surface area contributed by atoms with Crippen molar-refractivity contribution < 1.29 is 28.0 Å². The molecule has 0 radical (unpaired) electrons. The van der Waals surface area contributed by atoms with E-state index in [4.69, 9.17) is 0 Å². The molecule has 0 unspecified atom stereocenters. The summed E-state index contributed by atoms with van der Waals surface area (Å²) in [6.45, 7) is 1.24. The Bertz CT molecular complexity index is 814. The van der Waals surface area contributed by atoms with E-state index in [1.54, 1.807) is 0 Å². The van der Waals surface area contributed by atoms with Crippen molar-refractivity contribution in [3.8, 4) is 0 Å². The minimum Gasteiger partial charge on any atom is -0.324 e. The number of nitrogens with zero attached hydrogens (tertiary/aromatic N) is 2. The number of halogens is 2. The van der Waals surface area contributed by atoms with Crippen molar-refractivity contribution in [2.45, 2.75) is 38.6 Å². The molecule has 0 spiro atoms. The minimum absolute atomic E-state index is 0.0259. The molecule has 2 fully saturated rings. The van der Waals surface area contributed by atoms with Gasteiger partial charge in [-0.05, 0) is 30.9 Å². The molecule has 0 aromatic heterocycles. The molecule has 0 bridgehead atoms. The molecule has 1 saturated carbocycles. The van der Waals surface area contributed by atoms with Gasteiger partial charge < -0.3 is 5.32 Å². The van der Waals surface area contributed by atoms with Gasteiger partial charge in [-0.15, -0.1) is 0 Å². The maximum atomic E-state index is 13.2. The van der Waals surface area contributed by atoms with Crippen molar-refractivity contribution >= 4 is 29.4 Å². The Morgan fingerprint density at radius 2 is 1.81 bits per heavy atom. The number of hydrogen-bond donors (Lipinski definition) is 1. The molecular weight excluding hydrogens is 360 g/mol. The van der Waals surface area contributed by atoms with E-state index in [0.29, 0.717) is 11.3 Å². The summed E-state index contributed by atoms with van der Waals surface area (Å²) < 4.78 is 26.1. The quantitative estimate of drug-likeness (QED) is 0.642. The molecule has 2 atom stereocenters. The second-order valence-electron chi connectivity index (χ2n) is 6.86. The van der Waals surface area contributed by atoms with Gasteiger partial charge in [0.25, 0.3) is 0 Å². The number of benzene rings is 1. The van der Waals surface area contributed by atoms with E-state index in [1.165, 1.54) is 0 Å². The van der Waals surface area contributed by atoms with Crippen LogP contribution in [0.5, 0.6) is 0 Å². The standard InChI is InChI=1S/C18H19F2N3O4/c1-10-4-2-3-5-14(10)23-17(26)16(25)22(18(23)27)9-15(24)21-11-6-7-12(19)13(20)8-11/h6-8,10,14H,2-5,9H2,1H3,(H,21,24)/t10-,14+/m0/s1. The molecule has 27 heavy (non-hydrogen) atoms. The Kier molecular flexibility index (Phi) is 5.20. The SMILES string of the molecule is C[C@H]1CCCC[C@H]1N1C(=O)C(=O)N(CC(=O)Nc2ccc(F)c(F)c2)C1=O. The van der Waals surface area contributed by atoms with Crippen LogP contribution in [0.2, 0.25) is 0 Å². The highest BCUT2D eigenvalue weighted by atomic mass is 19.2. The summed E-state index contributed by atoms with van der Waals surface area (Å²) in [5.41, 5.74) is -0.0259. The third-order valence-electron chi connectivity index (χ3n) is 4.99. The molecule has 5 amide bonds. The Morgan fingerprint density at radius 1 is 1.11 bits per heavy atom. The van der Waals surface area contributed by atoms with Crippen LogP contribution in [0.1, 0.15) is 32.6 Å². The fraction of sp³-hybridized carbons (Fsp3) is 0.444. The van der Waals surface area contributed by atoms with Gasteiger partial charge in [-0.1, -0.05) is 19.8 Å². The molecule has 7 nitrogen and oxygen atoms in total. The molecule has 1 aliphatic heterocycles. The van der Waals surface area contributed by atoms with Crippen molar-refractivity contribution in [1.29, 1.82) is 0 Å². The lowest BCUT2D eigenvalue weighted by Gasteiger charge is -2.34. The van der Waals surface area contributed by atoms with Gasteiger partial charge in [0.1, 0.15) is 6.54 Å². The van der Waals surface area contributed by atoms with Crippen LogP contribution in [0.15, 0.2) is 18.2 Å². The first-order valence-corrected chi connectivity index (χ1v) is 8.73. The van der Waals surface area contributed by atoms with Crippen molar-refractivity contribution in [3.05, 3.63) is 29.8 Å². The summed E-state index contributed by atoms with van der Waals surface area (Å²) in [5.74, 6) is -4.92. The molecule has 1 N–H and O–H groups in total. The average molecular weight is 379 g/mol. The summed E-state index contributed by atoms with van der Waals surface area (Å²) in [5, 5.41) is 2.27. The zero-order chi connectivity index (χ0) is 19.7. The lowest BCUT2D eigenvalue weighted by atomic mass is 9.85. The molecule has 144 valence electrons. The average Bonchev–Trinajstić information content (AvgIpc) is 2.82. The first-order valence-electron chi connectivity index (χ1n) is 8.73. The van der Waals surface area contributed by atoms with Crippen LogP contribution in [0.25, 0.3) is 0 Å². The largest absolute Gasteiger partial charge is 0.334 e. The lowest BCUT2D eigenvalue weighted by molar-refractivity contribution is -0.145. The van der Waals surface area contributed by atoms with E-state index in [-0.39, 0.29) is 17.6 Å². The van der Waals surface area contributed by atoms with E-state index in [0.717, 1.165) is 42.4 Å². The number of nitrogens with one attached hydrogen (secondary N) is 1. The van der Waals surface area contributed by atoms with Crippen LogP contribution >= 0.6 is 0 Å². The van der Waals surface area contributed by atoms with Gasteiger partial charge >= 0.3 is 17.8 Å². The predicted molar refractivity (Wildman–Crippen MR) is 90.4 cm³/mol. The molecule has 1 aromatic carbocycles. The van der Waals surface area contributed by atoms with E-state index >= 15 is 0 Å². The molecular formula is C18H19F2N3O4. The van der Waals surface area contributed by atoms with Crippen LogP contribution < -0.4 is 5.32 Å². The van der Waals surface area contributed by atoms with Crippen LogP contribution in [0.3, 0.4) is 0 Å². The smallest absolute Gasteiger partial charge is 0.324 e. The summed E-state index contributed by atoms with van der Waals surface area (Å²) in [6, 6.07) is 1.59. The van der Waals surface area contributed by atoms with Gasteiger partial charge in [0.15, 0.2) is 11.6 Å². The zero-order valence-corrected chi connectivity index (χ0v) is 14.7. The molecule has 1 saturated heterocycles. The number of urea groups is 1. The molecule has 1 heterocycles. The molecule has 1 aromatic rings. The molecule has 9 heteroatoms. The van der Waals surface area contributed by atoms with Crippen LogP contribution in [0, 0.1) is 17.6 Å². The van der Waals surface area contributed by atoms with Crippen LogP contribution in [0.4, 0.5) is 19.3 Å². The summed E-state index contributed by atoms with van der Waals surface area (Å²) in [7, 11) is 0. The first kappa shape index (κ1) is 18.9. The number of carbonyl (C=O) groups excluding carboxylic acids is 4. The van der Waals surface area contributed by atoms with Crippen LogP contribution in [-0.2, 0) is 14.4 Å². The number of amides is 5. The summed E-state index contributed by atoms with van der Waals surface area (Å²) >= 11 is 0. The van der Waals surface area contributed by atoms with E-state index in [1.807, 2.05) is 6.92 Å². The highest BCUT2D eigenvalue weighted by molar-refractivity contribution is 6.45. The van der Waals surface area contributed by atoms with Gasteiger partial charge in [-0.25, -0.2) is 18.5 Å². The lowest BCUT2D eigenvalue weighted by Crippen LogP contribution is -2.46. The number of rotatable bonds is 4. The topological polar surface area (TPSA) is 86.8 Å². The summed E-state index contributed by atoms with van der Waals surface area (Å²) in [4.78, 5) is 50.7. The van der Waals surface area contributed by atoms with Crippen molar-refractivity contribution in [2.75, 3.05) is 11.9 Å². The summed E-state index contributed by atoms with van der Waals surface area (Å²) in [6.07, 6.45) is 3.34. The van der Waals surface area contributed by atoms with Gasteiger partial charge in [-0.3, -0.25) is 19.3 Å². The maximum absolute atomic E-state index is 13.2. The Morgan fingerprint density at radius 3 is 2.48 bits per heavy atom. The van der Waals surface area contributed by atoms with Crippen molar-refractivity contribution in [1.82, 2.24) is 9.80 Å². The molecule has 3 rings (SSSR count). The first-order chi connectivity index (χ1) is 12.8. The molecule has 1 aliphatic carbocycles.